The van der Waals surface area contributed by atoms with Gasteiger partial charge >= 0.3 is 0 Å². The van der Waals surface area contributed by atoms with Gasteiger partial charge in [-0.15, -0.1) is 11.3 Å². The lowest BCUT2D eigenvalue weighted by Gasteiger charge is -2.21. The third-order valence-electron chi connectivity index (χ3n) is 4.86. The van der Waals surface area contributed by atoms with Crippen molar-refractivity contribution in [2.24, 2.45) is 0 Å². The second kappa shape index (κ2) is 9.27. The summed E-state index contributed by atoms with van der Waals surface area (Å²) in [6.07, 6.45) is 0.320. The first-order chi connectivity index (χ1) is 15.3. The Kier molecular flexibility index (Phi) is 6.45. The van der Waals surface area contributed by atoms with Crippen molar-refractivity contribution in [2.75, 3.05) is 18.1 Å². The zero-order valence-electron chi connectivity index (χ0n) is 17.2. The fraction of sp³-hybridized carbons (Fsp3) is 0.227. The van der Waals surface area contributed by atoms with Crippen LogP contribution >= 0.6 is 11.3 Å². The summed E-state index contributed by atoms with van der Waals surface area (Å²) in [5.74, 6) is -0.361. The van der Waals surface area contributed by atoms with Crippen molar-refractivity contribution < 1.29 is 27.1 Å². The molecule has 0 saturated carbocycles. The minimum atomic E-state index is -3.94. The largest absolute Gasteiger partial charge is 0.467 e. The summed E-state index contributed by atoms with van der Waals surface area (Å²) < 4.78 is 52.6. The zero-order chi connectivity index (χ0) is 22.7. The van der Waals surface area contributed by atoms with Crippen molar-refractivity contribution in [1.82, 2.24) is 5.32 Å². The van der Waals surface area contributed by atoms with Gasteiger partial charge in [0.25, 0.3) is 15.9 Å². The Bertz CT molecular complexity index is 1240. The molecular weight excluding hydrogens is 455 g/mol. The molecule has 0 unspecified atom stereocenters. The monoisotopic (exact) mass is 476 g/mol. The van der Waals surface area contributed by atoms with E-state index in [-0.39, 0.29) is 29.7 Å². The zero-order valence-corrected chi connectivity index (χ0v) is 18.8. The molecule has 0 fully saturated rings. The Hall–Kier alpha value is -2.95. The van der Waals surface area contributed by atoms with Crippen molar-refractivity contribution in [3.63, 3.8) is 0 Å². The van der Waals surface area contributed by atoms with Gasteiger partial charge in [-0.2, -0.15) is 0 Å². The first-order valence-corrected chi connectivity index (χ1v) is 12.2. The third kappa shape index (κ3) is 4.93. The maximum Gasteiger partial charge on any atom is 0.263 e. The van der Waals surface area contributed by atoms with E-state index in [1.807, 2.05) is 6.92 Å². The van der Waals surface area contributed by atoms with Crippen molar-refractivity contribution in [2.45, 2.75) is 24.8 Å². The molecule has 3 aromatic rings. The molecule has 0 radical (unpaired) electrons. The fourth-order valence-corrected chi connectivity index (χ4v) is 5.74. The highest BCUT2D eigenvalue weighted by molar-refractivity contribution is 7.93. The van der Waals surface area contributed by atoms with Crippen LogP contribution in [0.25, 0.3) is 0 Å². The Balaban J connectivity index is 1.44. The average molecular weight is 477 g/mol. The molecule has 2 N–H and O–H groups in total. The molecule has 0 atom stereocenters. The number of aryl methyl sites for hydroxylation is 1. The van der Waals surface area contributed by atoms with Crippen LogP contribution in [0.3, 0.4) is 0 Å². The Morgan fingerprint density at radius 2 is 1.97 bits per heavy atom. The van der Waals surface area contributed by atoms with Gasteiger partial charge in [0.2, 0.25) is 0 Å². The molecule has 1 aliphatic heterocycles. The van der Waals surface area contributed by atoms with Gasteiger partial charge in [0.05, 0.1) is 6.61 Å². The molecule has 32 heavy (non-hydrogen) atoms. The van der Waals surface area contributed by atoms with Crippen LogP contribution in [0.4, 0.5) is 10.1 Å². The number of nitrogens with one attached hydrogen (secondary N) is 2. The summed E-state index contributed by atoms with van der Waals surface area (Å²) in [4.78, 5) is 12.7. The highest BCUT2D eigenvalue weighted by Gasteiger charge is 2.24. The van der Waals surface area contributed by atoms with Gasteiger partial charge in [-0.3, -0.25) is 9.52 Å². The molecule has 1 amide bonds. The number of anilines is 1. The number of carbonyl (C=O) groups excluding carboxylic acids is 1. The van der Waals surface area contributed by atoms with Crippen LogP contribution < -0.4 is 14.8 Å². The standard InChI is InChI=1S/C22H21FN2O5S2/c1-14-2-4-18(5-3-14)25-32(27,28)19-7-9-31-21(19)22(26)24-8-6-15-10-17(23)11-16-12-29-13-30-20(15)16/h2-5,7,9-11,25H,6,8,12-13H2,1H3,(H,24,26). The third-order valence-corrected chi connectivity index (χ3v) is 7.33. The number of carbonyl (C=O) groups is 1. The lowest BCUT2D eigenvalue weighted by atomic mass is 10.1. The fourth-order valence-electron chi connectivity index (χ4n) is 3.34. The first-order valence-electron chi connectivity index (χ1n) is 9.80. The van der Waals surface area contributed by atoms with Gasteiger partial charge in [-0.05, 0) is 54.6 Å². The molecule has 4 rings (SSSR count). The Morgan fingerprint density at radius 3 is 2.75 bits per heavy atom. The van der Waals surface area contributed by atoms with Crippen LogP contribution in [0.2, 0.25) is 0 Å². The SMILES string of the molecule is Cc1ccc(NS(=O)(=O)c2ccsc2C(=O)NCCc2cc(F)cc3c2OCOC3)cc1. The van der Waals surface area contributed by atoms with Gasteiger partial charge in [0, 0.05) is 17.8 Å². The minimum absolute atomic E-state index is 0.0792. The number of thiophene rings is 1. The number of amides is 1. The number of benzene rings is 2. The highest BCUT2D eigenvalue weighted by atomic mass is 32.2. The van der Waals surface area contributed by atoms with Gasteiger partial charge in [-0.1, -0.05) is 17.7 Å². The molecule has 10 heteroatoms. The van der Waals surface area contributed by atoms with E-state index in [1.54, 1.807) is 29.6 Å². The number of sulfonamides is 1. The molecule has 2 aromatic carbocycles. The van der Waals surface area contributed by atoms with Crippen LogP contribution in [0.1, 0.15) is 26.4 Å². The molecule has 0 saturated heterocycles. The van der Waals surface area contributed by atoms with E-state index < -0.39 is 21.7 Å². The lowest BCUT2D eigenvalue weighted by molar-refractivity contribution is -0.0172. The number of halogens is 1. The molecule has 0 bridgehead atoms. The maximum absolute atomic E-state index is 13.9. The molecule has 0 aliphatic carbocycles. The predicted molar refractivity (Wildman–Crippen MR) is 119 cm³/mol. The van der Waals surface area contributed by atoms with E-state index in [9.17, 15) is 17.6 Å². The van der Waals surface area contributed by atoms with Crippen molar-refractivity contribution >= 4 is 33.0 Å². The van der Waals surface area contributed by atoms with E-state index in [0.717, 1.165) is 16.9 Å². The van der Waals surface area contributed by atoms with Crippen molar-refractivity contribution in [3.8, 4) is 5.75 Å². The predicted octanol–water partition coefficient (Wildman–Crippen LogP) is 3.84. The van der Waals surface area contributed by atoms with Crippen LogP contribution in [0.5, 0.6) is 5.75 Å². The highest BCUT2D eigenvalue weighted by Crippen LogP contribution is 2.30. The Morgan fingerprint density at radius 1 is 1.19 bits per heavy atom. The number of fused-ring (bicyclic) bond motifs is 1. The smallest absolute Gasteiger partial charge is 0.263 e. The molecule has 7 nitrogen and oxygen atoms in total. The number of ether oxygens (including phenoxy) is 2. The molecular formula is C22H21FN2O5S2. The van der Waals surface area contributed by atoms with E-state index >= 15 is 0 Å². The minimum Gasteiger partial charge on any atom is -0.467 e. The molecule has 1 aromatic heterocycles. The molecule has 2 heterocycles. The van der Waals surface area contributed by atoms with Crippen LogP contribution in [0, 0.1) is 12.7 Å². The summed E-state index contributed by atoms with van der Waals surface area (Å²) >= 11 is 1.04. The first kappa shape index (κ1) is 22.3. The summed E-state index contributed by atoms with van der Waals surface area (Å²) in [6.45, 7) is 2.43. The van der Waals surface area contributed by atoms with Crippen LogP contribution in [-0.4, -0.2) is 27.7 Å². The number of rotatable bonds is 7. The maximum atomic E-state index is 13.9. The summed E-state index contributed by atoms with van der Waals surface area (Å²) in [7, 11) is -3.94. The summed E-state index contributed by atoms with van der Waals surface area (Å²) in [6, 6.07) is 11.0. The second-order valence-electron chi connectivity index (χ2n) is 7.26. The van der Waals surface area contributed by atoms with E-state index in [4.69, 9.17) is 9.47 Å². The van der Waals surface area contributed by atoms with Crippen LogP contribution in [-0.2, 0) is 27.8 Å². The summed E-state index contributed by atoms with van der Waals surface area (Å²) in [5, 5.41) is 4.26. The van der Waals surface area contributed by atoms with Crippen molar-refractivity contribution in [1.29, 1.82) is 0 Å². The Labute approximate surface area is 189 Å². The van der Waals surface area contributed by atoms with E-state index in [2.05, 4.69) is 10.0 Å². The lowest BCUT2D eigenvalue weighted by Crippen LogP contribution is -2.27. The summed E-state index contributed by atoms with van der Waals surface area (Å²) in [5.41, 5.74) is 2.64. The van der Waals surface area contributed by atoms with Gasteiger partial charge < -0.3 is 14.8 Å². The topological polar surface area (TPSA) is 93.7 Å². The van der Waals surface area contributed by atoms with Crippen molar-refractivity contribution in [3.05, 3.63) is 75.2 Å². The average Bonchev–Trinajstić information content (AvgIpc) is 3.26. The van der Waals surface area contributed by atoms with Gasteiger partial charge in [0.15, 0.2) is 6.79 Å². The molecule has 0 spiro atoms. The quantitative estimate of drug-likeness (QED) is 0.541. The molecule has 168 valence electrons. The second-order valence-corrected chi connectivity index (χ2v) is 9.82. The van der Waals surface area contributed by atoms with Gasteiger partial charge in [0.1, 0.15) is 21.3 Å². The van der Waals surface area contributed by atoms with E-state index in [1.165, 1.54) is 18.2 Å². The molecule has 1 aliphatic rings. The van der Waals surface area contributed by atoms with E-state index in [0.29, 0.717) is 29.0 Å². The number of hydrogen-bond acceptors (Lipinski definition) is 6. The number of hydrogen-bond donors (Lipinski definition) is 2. The van der Waals surface area contributed by atoms with Crippen LogP contribution in [0.15, 0.2) is 52.7 Å². The van der Waals surface area contributed by atoms with Gasteiger partial charge in [-0.25, -0.2) is 12.8 Å². The normalized spacial score (nSPS) is 13.2.